The van der Waals surface area contributed by atoms with Crippen molar-refractivity contribution in [2.75, 3.05) is 45.9 Å². The van der Waals surface area contributed by atoms with E-state index in [-0.39, 0.29) is 11.9 Å². The monoisotopic (exact) mass is 295 g/mol. The Hall–Kier alpha value is -0.650. The molecule has 0 bridgehead atoms. The molecular formula is C16H29N3O2. The molecule has 0 spiro atoms. The van der Waals surface area contributed by atoms with Crippen molar-refractivity contribution in [2.24, 2.45) is 5.92 Å². The zero-order valence-electron chi connectivity index (χ0n) is 13.2. The molecular weight excluding hydrogens is 266 g/mol. The van der Waals surface area contributed by atoms with E-state index in [0.29, 0.717) is 6.61 Å². The maximum Gasteiger partial charge on any atom is 0.242 e. The summed E-state index contributed by atoms with van der Waals surface area (Å²) in [6, 6.07) is 0.635. The van der Waals surface area contributed by atoms with Gasteiger partial charge in [-0.3, -0.25) is 9.69 Å². The molecule has 2 heterocycles. The molecule has 5 nitrogen and oxygen atoms in total. The standard InChI is InChI=1S/C16H29N3O2/c1-13-2-4-14(5-3-13)18-7-9-19(10-8-18)16(20)15-12-21-11-6-17-15/h13-15,17H,2-12H2,1H3. The van der Waals surface area contributed by atoms with Gasteiger partial charge < -0.3 is 15.0 Å². The number of nitrogens with one attached hydrogen (secondary N) is 1. The summed E-state index contributed by atoms with van der Waals surface area (Å²) in [4.78, 5) is 17.1. The van der Waals surface area contributed by atoms with Crippen molar-refractivity contribution in [1.82, 2.24) is 15.1 Å². The zero-order valence-corrected chi connectivity index (χ0v) is 13.2. The minimum Gasteiger partial charge on any atom is -0.378 e. The highest BCUT2D eigenvalue weighted by molar-refractivity contribution is 5.82. The number of carbonyl (C=O) groups is 1. The maximum absolute atomic E-state index is 12.4. The van der Waals surface area contributed by atoms with Crippen molar-refractivity contribution in [3.05, 3.63) is 0 Å². The van der Waals surface area contributed by atoms with Gasteiger partial charge in [-0.05, 0) is 31.6 Å². The molecule has 120 valence electrons. The number of amides is 1. The summed E-state index contributed by atoms with van der Waals surface area (Å²) in [5, 5.41) is 3.27. The quantitative estimate of drug-likeness (QED) is 0.814. The van der Waals surface area contributed by atoms with Crippen LogP contribution in [0.2, 0.25) is 0 Å². The first-order chi connectivity index (χ1) is 10.2. The third-order valence-electron chi connectivity index (χ3n) is 5.35. The summed E-state index contributed by atoms with van der Waals surface area (Å²) >= 11 is 0. The molecule has 3 rings (SSSR count). The van der Waals surface area contributed by atoms with Crippen molar-refractivity contribution in [1.29, 1.82) is 0 Å². The number of piperazine rings is 1. The first-order valence-corrected chi connectivity index (χ1v) is 8.58. The summed E-state index contributed by atoms with van der Waals surface area (Å²) in [6.07, 6.45) is 5.42. The molecule has 1 atom stereocenters. The van der Waals surface area contributed by atoms with Gasteiger partial charge in [-0.2, -0.15) is 0 Å². The van der Waals surface area contributed by atoms with Gasteiger partial charge in [0.15, 0.2) is 0 Å². The molecule has 3 aliphatic rings. The van der Waals surface area contributed by atoms with E-state index < -0.39 is 0 Å². The molecule has 1 N–H and O–H groups in total. The fourth-order valence-electron chi connectivity index (χ4n) is 3.86. The minimum atomic E-state index is -0.124. The number of ether oxygens (including phenoxy) is 1. The molecule has 0 aromatic carbocycles. The highest BCUT2D eigenvalue weighted by atomic mass is 16.5. The lowest BCUT2D eigenvalue weighted by molar-refractivity contribution is -0.138. The topological polar surface area (TPSA) is 44.8 Å². The Kier molecular flexibility index (Phi) is 5.14. The van der Waals surface area contributed by atoms with Crippen LogP contribution < -0.4 is 5.32 Å². The van der Waals surface area contributed by atoms with Crippen LogP contribution in [0, 0.1) is 5.92 Å². The van der Waals surface area contributed by atoms with Gasteiger partial charge >= 0.3 is 0 Å². The second-order valence-electron chi connectivity index (χ2n) is 6.86. The van der Waals surface area contributed by atoms with E-state index in [9.17, 15) is 4.79 Å². The fraction of sp³-hybridized carbons (Fsp3) is 0.938. The molecule has 21 heavy (non-hydrogen) atoms. The lowest BCUT2D eigenvalue weighted by atomic mass is 9.86. The second kappa shape index (κ2) is 7.07. The van der Waals surface area contributed by atoms with Crippen LogP contribution in [0.15, 0.2) is 0 Å². The predicted octanol–water partition coefficient (Wildman–Crippen LogP) is 0.698. The van der Waals surface area contributed by atoms with Crippen molar-refractivity contribution in [2.45, 2.75) is 44.7 Å². The summed E-state index contributed by atoms with van der Waals surface area (Å²) in [7, 11) is 0. The Labute approximate surface area is 128 Å². The molecule has 1 amide bonds. The highest BCUT2D eigenvalue weighted by Gasteiger charge is 2.31. The number of rotatable bonds is 2. The number of hydrogen-bond acceptors (Lipinski definition) is 4. The van der Waals surface area contributed by atoms with E-state index in [4.69, 9.17) is 4.74 Å². The molecule has 1 aliphatic carbocycles. The van der Waals surface area contributed by atoms with Crippen LogP contribution in [0.5, 0.6) is 0 Å². The first kappa shape index (κ1) is 15.3. The Bertz CT molecular complexity index is 341. The van der Waals surface area contributed by atoms with Gasteiger partial charge in [-0.25, -0.2) is 0 Å². The molecule has 2 saturated heterocycles. The average Bonchev–Trinajstić information content (AvgIpc) is 2.56. The van der Waals surface area contributed by atoms with E-state index >= 15 is 0 Å². The lowest BCUT2D eigenvalue weighted by Crippen LogP contribution is -2.58. The molecule has 0 radical (unpaired) electrons. The molecule has 1 unspecified atom stereocenters. The van der Waals surface area contributed by atoms with E-state index in [1.165, 1.54) is 25.7 Å². The normalized spacial score (nSPS) is 35.7. The Morgan fingerprint density at radius 2 is 1.81 bits per heavy atom. The van der Waals surface area contributed by atoms with Crippen LogP contribution in [0.3, 0.4) is 0 Å². The van der Waals surface area contributed by atoms with Crippen LogP contribution in [-0.4, -0.2) is 73.7 Å². The van der Waals surface area contributed by atoms with Gasteiger partial charge in [0.25, 0.3) is 0 Å². The van der Waals surface area contributed by atoms with Crippen LogP contribution in [-0.2, 0) is 9.53 Å². The number of morpholine rings is 1. The van der Waals surface area contributed by atoms with E-state index in [0.717, 1.165) is 51.3 Å². The average molecular weight is 295 g/mol. The Balaban J connectivity index is 1.45. The molecule has 1 saturated carbocycles. The van der Waals surface area contributed by atoms with Gasteiger partial charge in [-0.1, -0.05) is 6.92 Å². The summed E-state index contributed by atoms with van der Waals surface area (Å²) in [5.74, 6) is 1.13. The van der Waals surface area contributed by atoms with E-state index in [2.05, 4.69) is 17.1 Å². The molecule has 2 aliphatic heterocycles. The third kappa shape index (κ3) is 3.76. The largest absolute Gasteiger partial charge is 0.378 e. The molecule has 5 heteroatoms. The predicted molar refractivity (Wildman–Crippen MR) is 82.2 cm³/mol. The van der Waals surface area contributed by atoms with Crippen LogP contribution >= 0.6 is 0 Å². The Morgan fingerprint density at radius 1 is 1.10 bits per heavy atom. The van der Waals surface area contributed by atoms with Crippen LogP contribution in [0.4, 0.5) is 0 Å². The van der Waals surface area contributed by atoms with Crippen LogP contribution in [0.1, 0.15) is 32.6 Å². The fourth-order valence-corrected chi connectivity index (χ4v) is 3.86. The van der Waals surface area contributed by atoms with Crippen molar-refractivity contribution < 1.29 is 9.53 Å². The maximum atomic E-state index is 12.4. The smallest absolute Gasteiger partial charge is 0.242 e. The van der Waals surface area contributed by atoms with Gasteiger partial charge in [0, 0.05) is 38.8 Å². The van der Waals surface area contributed by atoms with E-state index in [1.54, 1.807) is 0 Å². The number of carbonyl (C=O) groups excluding carboxylic acids is 1. The molecule has 0 aromatic heterocycles. The second-order valence-corrected chi connectivity index (χ2v) is 6.86. The highest BCUT2D eigenvalue weighted by Crippen LogP contribution is 2.27. The van der Waals surface area contributed by atoms with Gasteiger partial charge in [-0.15, -0.1) is 0 Å². The zero-order chi connectivity index (χ0) is 14.7. The van der Waals surface area contributed by atoms with Gasteiger partial charge in [0.2, 0.25) is 5.91 Å². The first-order valence-electron chi connectivity index (χ1n) is 8.58. The van der Waals surface area contributed by atoms with Crippen molar-refractivity contribution in [3.8, 4) is 0 Å². The molecule has 3 fully saturated rings. The summed E-state index contributed by atoms with van der Waals surface area (Å²) < 4.78 is 5.40. The Morgan fingerprint density at radius 3 is 2.43 bits per heavy atom. The summed E-state index contributed by atoms with van der Waals surface area (Å²) in [6.45, 7) is 8.24. The van der Waals surface area contributed by atoms with E-state index in [1.807, 2.05) is 4.90 Å². The SMILES string of the molecule is CC1CCC(N2CCN(C(=O)C3COCCN3)CC2)CC1. The van der Waals surface area contributed by atoms with Crippen molar-refractivity contribution in [3.63, 3.8) is 0 Å². The van der Waals surface area contributed by atoms with Crippen LogP contribution in [0.25, 0.3) is 0 Å². The molecule has 0 aromatic rings. The lowest BCUT2D eigenvalue weighted by Gasteiger charge is -2.42. The van der Waals surface area contributed by atoms with Crippen molar-refractivity contribution >= 4 is 5.91 Å². The summed E-state index contributed by atoms with van der Waals surface area (Å²) in [5.41, 5.74) is 0. The number of nitrogens with zero attached hydrogens (tertiary/aromatic N) is 2. The van der Waals surface area contributed by atoms with Gasteiger partial charge in [0.1, 0.15) is 6.04 Å². The van der Waals surface area contributed by atoms with Gasteiger partial charge in [0.05, 0.1) is 13.2 Å². The third-order valence-corrected chi connectivity index (χ3v) is 5.35. The number of hydrogen-bond donors (Lipinski definition) is 1. The minimum absolute atomic E-state index is 0.124.